The molecule has 1 fully saturated rings. The van der Waals surface area contributed by atoms with Crippen LogP contribution in [0.1, 0.15) is 51.3 Å². The summed E-state index contributed by atoms with van der Waals surface area (Å²) in [5, 5.41) is 3.71. The molecule has 2 atom stereocenters. The predicted octanol–water partition coefficient (Wildman–Crippen LogP) is 5.25. The molecule has 0 bridgehead atoms. The van der Waals surface area contributed by atoms with Gasteiger partial charge in [-0.25, -0.2) is 0 Å². The van der Waals surface area contributed by atoms with Crippen LogP contribution < -0.4 is 5.32 Å². The molecule has 1 N–H and O–H groups in total. The first-order chi connectivity index (χ1) is 8.94. The van der Waals surface area contributed by atoms with Gasteiger partial charge in [-0.05, 0) is 86.5 Å². The van der Waals surface area contributed by atoms with Crippen molar-refractivity contribution in [3.8, 4) is 0 Å². The Morgan fingerprint density at radius 3 is 2.47 bits per heavy atom. The Balaban J connectivity index is 1.92. The first-order valence-electron chi connectivity index (χ1n) is 7.43. The molecule has 1 aromatic rings. The molecule has 0 amide bonds. The molecule has 0 aliphatic heterocycles. The first kappa shape index (κ1) is 15.5. The van der Waals surface area contributed by atoms with Gasteiger partial charge in [0.15, 0.2) is 0 Å². The van der Waals surface area contributed by atoms with E-state index in [0.717, 1.165) is 11.8 Å². The van der Waals surface area contributed by atoms with Crippen LogP contribution in [-0.2, 0) is 6.42 Å². The van der Waals surface area contributed by atoms with Gasteiger partial charge in [-0.2, -0.15) is 0 Å². The monoisotopic (exact) mass is 343 g/mol. The fourth-order valence-corrected chi connectivity index (χ4v) is 4.56. The molecule has 3 heteroatoms. The highest BCUT2D eigenvalue weighted by Gasteiger charge is 2.26. The molecule has 0 aromatic carbocycles. The van der Waals surface area contributed by atoms with Crippen LogP contribution in [-0.4, -0.2) is 12.1 Å². The van der Waals surface area contributed by atoms with Gasteiger partial charge in [0.25, 0.3) is 0 Å². The number of hydrogen-bond donors (Lipinski definition) is 1. The third kappa shape index (κ3) is 5.20. The second kappa shape index (κ2) is 6.73. The molecule has 1 heterocycles. The molecule has 1 aliphatic carbocycles. The molecule has 19 heavy (non-hydrogen) atoms. The van der Waals surface area contributed by atoms with Gasteiger partial charge < -0.3 is 5.32 Å². The van der Waals surface area contributed by atoms with E-state index in [2.05, 4.69) is 54.2 Å². The molecular weight excluding hydrogens is 318 g/mol. The number of hydrogen-bond acceptors (Lipinski definition) is 2. The highest BCUT2D eigenvalue weighted by atomic mass is 79.9. The zero-order chi connectivity index (χ0) is 13.9. The molecule has 1 aliphatic rings. The van der Waals surface area contributed by atoms with Crippen LogP contribution in [0.15, 0.2) is 15.9 Å². The van der Waals surface area contributed by atoms with Crippen molar-refractivity contribution in [1.82, 2.24) is 5.32 Å². The average Bonchev–Trinajstić information content (AvgIpc) is 2.73. The summed E-state index contributed by atoms with van der Waals surface area (Å²) in [6.07, 6.45) is 6.92. The minimum atomic E-state index is 0.244. The van der Waals surface area contributed by atoms with Crippen LogP contribution in [0.3, 0.4) is 0 Å². The second-order valence-corrected chi connectivity index (χ2v) is 9.39. The summed E-state index contributed by atoms with van der Waals surface area (Å²) in [5.74, 6) is 1.73. The van der Waals surface area contributed by atoms with Gasteiger partial charge in [0.2, 0.25) is 0 Å². The summed E-state index contributed by atoms with van der Waals surface area (Å²) in [6.45, 7) is 7.98. The highest BCUT2D eigenvalue weighted by Crippen LogP contribution is 2.34. The van der Waals surface area contributed by atoms with E-state index in [0.29, 0.717) is 0 Å². The summed E-state index contributed by atoms with van der Waals surface area (Å²) >= 11 is 5.48. The Morgan fingerprint density at radius 1 is 1.21 bits per heavy atom. The van der Waals surface area contributed by atoms with E-state index in [1.807, 2.05) is 11.3 Å². The Kier molecular flexibility index (Phi) is 5.50. The number of rotatable bonds is 4. The van der Waals surface area contributed by atoms with E-state index in [-0.39, 0.29) is 5.54 Å². The van der Waals surface area contributed by atoms with Crippen molar-refractivity contribution in [3.05, 3.63) is 20.8 Å². The summed E-state index contributed by atoms with van der Waals surface area (Å²) in [6, 6.07) is 4.48. The van der Waals surface area contributed by atoms with Crippen LogP contribution in [0.2, 0.25) is 0 Å². The smallest absolute Gasteiger partial charge is 0.0701 e. The lowest BCUT2D eigenvalue weighted by atomic mass is 9.77. The number of halogens is 1. The largest absolute Gasteiger partial charge is 0.312 e. The minimum Gasteiger partial charge on any atom is -0.312 e. The molecule has 2 rings (SSSR count). The normalized spacial score (nSPS) is 24.6. The quantitative estimate of drug-likeness (QED) is 0.787. The first-order valence-corrected chi connectivity index (χ1v) is 9.04. The van der Waals surface area contributed by atoms with Crippen LogP contribution in [0, 0.1) is 11.8 Å². The van der Waals surface area contributed by atoms with Crippen molar-refractivity contribution in [2.75, 3.05) is 6.54 Å². The summed E-state index contributed by atoms with van der Waals surface area (Å²) < 4.78 is 1.27. The number of nitrogens with one attached hydrogen (secondary N) is 1. The van der Waals surface area contributed by atoms with Crippen LogP contribution in [0.25, 0.3) is 0 Å². The van der Waals surface area contributed by atoms with Gasteiger partial charge in [0.05, 0.1) is 3.79 Å². The van der Waals surface area contributed by atoms with E-state index < -0.39 is 0 Å². The van der Waals surface area contributed by atoms with E-state index in [4.69, 9.17) is 0 Å². The Hall–Kier alpha value is 0.140. The molecule has 0 saturated heterocycles. The van der Waals surface area contributed by atoms with E-state index in [9.17, 15) is 0 Å². The zero-order valence-corrected chi connectivity index (χ0v) is 14.7. The lowest BCUT2D eigenvalue weighted by Gasteiger charge is -2.34. The fourth-order valence-electron chi connectivity index (χ4n) is 2.98. The van der Waals surface area contributed by atoms with Crippen LogP contribution in [0.4, 0.5) is 0 Å². The minimum absolute atomic E-state index is 0.244. The van der Waals surface area contributed by atoms with Crippen molar-refractivity contribution in [3.63, 3.8) is 0 Å². The average molecular weight is 344 g/mol. The zero-order valence-electron chi connectivity index (χ0n) is 12.3. The van der Waals surface area contributed by atoms with Gasteiger partial charge in [-0.1, -0.05) is 12.8 Å². The maximum absolute atomic E-state index is 3.71. The van der Waals surface area contributed by atoms with Crippen molar-refractivity contribution < 1.29 is 0 Å². The third-order valence-electron chi connectivity index (χ3n) is 4.05. The van der Waals surface area contributed by atoms with E-state index in [1.165, 1.54) is 42.4 Å². The molecule has 0 radical (unpaired) electrons. The molecule has 2 unspecified atom stereocenters. The maximum atomic E-state index is 3.71. The molecular formula is C16H26BrNS. The Morgan fingerprint density at radius 2 is 1.89 bits per heavy atom. The summed E-state index contributed by atoms with van der Waals surface area (Å²) in [5.41, 5.74) is 0.244. The highest BCUT2D eigenvalue weighted by molar-refractivity contribution is 9.11. The topological polar surface area (TPSA) is 12.0 Å². The molecule has 1 aromatic heterocycles. The van der Waals surface area contributed by atoms with Gasteiger partial charge >= 0.3 is 0 Å². The van der Waals surface area contributed by atoms with Gasteiger partial charge in [-0.15, -0.1) is 11.3 Å². The summed E-state index contributed by atoms with van der Waals surface area (Å²) in [7, 11) is 0. The molecule has 0 spiro atoms. The van der Waals surface area contributed by atoms with Crippen LogP contribution in [0.5, 0.6) is 0 Å². The van der Waals surface area contributed by atoms with Gasteiger partial charge in [0, 0.05) is 10.4 Å². The summed E-state index contributed by atoms with van der Waals surface area (Å²) in [4.78, 5) is 1.54. The fraction of sp³-hybridized carbons (Fsp3) is 0.750. The maximum Gasteiger partial charge on any atom is 0.0701 e. The van der Waals surface area contributed by atoms with Crippen molar-refractivity contribution in [2.24, 2.45) is 11.8 Å². The SMILES string of the molecule is CC(C)(C)NCC1CCCCC1Cc1ccc(Br)s1. The van der Waals surface area contributed by atoms with E-state index >= 15 is 0 Å². The van der Waals surface area contributed by atoms with Gasteiger partial charge in [0.1, 0.15) is 0 Å². The third-order valence-corrected chi connectivity index (χ3v) is 5.70. The number of thiophene rings is 1. The predicted molar refractivity (Wildman–Crippen MR) is 88.9 cm³/mol. The molecule has 108 valence electrons. The van der Waals surface area contributed by atoms with Crippen LogP contribution >= 0.6 is 27.3 Å². The van der Waals surface area contributed by atoms with Gasteiger partial charge in [-0.3, -0.25) is 0 Å². The standard InChI is InChI=1S/C16H26BrNS/c1-16(2,3)18-11-13-7-5-4-6-12(13)10-14-8-9-15(17)19-14/h8-9,12-13,18H,4-7,10-11H2,1-3H3. The molecule has 1 nitrogen and oxygen atoms in total. The Labute approximate surface area is 130 Å². The molecule has 1 saturated carbocycles. The van der Waals surface area contributed by atoms with Crippen molar-refractivity contribution in [2.45, 2.75) is 58.4 Å². The Bertz CT molecular complexity index is 394. The lowest BCUT2D eigenvalue weighted by Crippen LogP contribution is -2.41. The van der Waals surface area contributed by atoms with Crippen molar-refractivity contribution >= 4 is 27.3 Å². The second-order valence-electron chi connectivity index (χ2n) is 6.85. The van der Waals surface area contributed by atoms with E-state index in [1.54, 1.807) is 4.88 Å². The lowest BCUT2D eigenvalue weighted by molar-refractivity contribution is 0.214. The van der Waals surface area contributed by atoms with Crippen molar-refractivity contribution in [1.29, 1.82) is 0 Å².